The minimum absolute atomic E-state index is 0.112. The Balaban J connectivity index is 3.22. The first-order valence-corrected chi connectivity index (χ1v) is 11.5. The molecule has 0 fully saturated rings. The lowest BCUT2D eigenvalue weighted by Crippen LogP contribution is -2.46. The lowest BCUT2D eigenvalue weighted by molar-refractivity contribution is -0.152. The number of rotatable bonds is 11. The topological polar surface area (TPSA) is 102 Å². The van der Waals surface area contributed by atoms with Crippen LogP contribution >= 0.6 is 0 Å². The smallest absolute Gasteiger partial charge is 0.410 e. The van der Waals surface area contributed by atoms with Crippen LogP contribution in [0.4, 0.5) is 4.79 Å². The summed E-state index contributed by atoms with van der Waals surface area (Å²) in [7, 11) is 2.98. The summed E-state index contributed by atoms with van der Waals surface area (Å²) in [5, 5.41) is 0. The Labute approximate surface area is 198 Å². The molecule has 1 aromatic rings. The van der Waals surface area contributed by atoms with Gasteiger partial charge in [-0.2, -0.15) is 0 Å². The van der Waals surface area contributed by atoms with Crippen molar-refractivity contribution in [2.75, 3.05) is 27.2 Å². The SMILES string of the molecule is CCC(CC)(CCN)C(=O)N(CC(=O)OC)Cc1ccccc1CN(C)C(=O)OC(C)(C)C. The van der Waals surface area contributed by atoms with Crippen LogP contribution in [0.25, 0.3) is 0 Å². The number of methoxy groups -OCH3 is 1. The number of nitrogens with two attached hydrogens (primary N) is 1. The molecule has 0 saturated carbocycles. The lowest BCUT2D eigenvalue weighted by atomic mass is 9.77. The lowest BCUT2D eigenvalue weighted by Gasteiger charge is -2.36. The van der Waals surface area contributed by atoms with Crippen LogP contribution in [0.15, 0.2) is 24.3 Å². The van der Waals surface area contributed by atoms with E-state index in [4.69, 9.17) is 15.2 Å². The average Bonchev–Trinajstić information content (AvgIpc) is 2.76. The van der Waals surface area contributed by atoms with Gasteiger partial charge in [-0.05, 0) is 57.7 Å². The van der Waals surface area contributed by atoms with Crippen molar-refractivity contribution in [2.24, 2.45) is 11.1 Å². The molecule has 2 amide bonds. The number of nitrogens with zero attached hydrogens (tertiary/aromatic N) is 2. The highest BCUT2D eigenvalue weighted by atomic mass is 16.6. The van der Waals surface area contributed by atoms with E-state index in [1.807, 2.05) is 58.9 Å². The largest absolute Gasteiger partial charge is 0.468 e. The summed E-state index contributed by atoms with van der Waals surface area (Å²) in [4.78, 5) is 41.3. The van der Waals surface area contributed by atoms with Gasteiger partial charge in [-0.1, -0.05) is 38.1 Å². The Morgan fingerprint density at radius 2 is 1.55 bits per heavy atom. The maximum atomic E-state index is 13.6. The predicted molar refractivity (Wildman–Crippen MR) is 128 cm³/mol. The van der Waals surface area contributed by atoms with Gasteiger partial charge in [-0.15, -0.1) is 0 Å². The Morgan fingerprint density at radius 3 is 2.00 bits per heavy atom. The van der Waals surface area contributed by atoms with Crippen LogP contribution in [-0.4, -0.2) is 60.6 Å². The number of carbonyl (C=O) groups excluding carboxylic acids is 3. The van der Waals surface area contributed by atoms with Crippen LogP contribution in [0.2, 0.25) is 0 Å². The van der Waals surface area contributed by atoms with E-state index in [0.29, 0.717) is 32.4 Å². The molecule has 0 aromatic heterocycles. The van der Waals surface area contributed by atoms with Crippen LogP contribution in [0.5, 0.6) is 0 Å². The molecular weight excluding hydrogens is 422 g/mol. The summed E-state index contributed by atoms with van der Waals surface area (Å²) >= 11 is 0. The second-order valence-corrected chi connectivity index (χ2v) is 9.37. The van der Waals surface area contributed by atoms with Crippen molar-refractivity contribution in [3.63, 3.8) is 0 Å². The zero-order valence-electron chi connectivity index (χ0n) is 21.3. The van der Waals surface area contributed by atoms with Crippen LogP contribution < -0.4 is 5.73 Å². The van der Waals surface area contributed by atoms with Crippen molar-refractivity contribution in [1.82, 2.24) is 9.80 Å². The molecule has 0 saturated heterocycles. The first kappa shape index (κ1) is 28.4. The third kappa shape index (κ3) is 8.35. The molecule has 0 spiro atoms. The molecule has 0 bridgehead atoms. The van der Waals surface area contributed by atoms with Crippen LogP contribution in [-0.2, 0) is 32.2 Å². The molecule has 1 rings (SSSR count). The quantitative estimate of drug-likeness (QED) is 0.502. The van der Waals surface area contributed by atoms with Crippen molar-refractivity contribution in [3.8, 4) is 0 Å². The van der Waals surface area contributed by atoms with E-state index in [0.717, 1.165) is 11.1 Å². The van der Waals surface area contributed by atoms with E-state index in [-0.39, 0.29) is 19.0 Å². The maximum absolute atomic E-state index is 13.6. The Morgan fingerprint density at radius 1 is 1.00 bits per heavy atom. The van der Waals surface area contributed by atoms with Gasteiger partial charge in [0.2, 0.25) is 5.91 Å². The normalized spacial score (nSPS) is 11.6. The molecule has 0 unspecified atom stereocenters. The minimum atomic E-state index is -0.634. The zero-order valence-corrected chi connectivity index (χ0v) is 21.3. The summed E-state index contributed by atoms with van der Waals surface area (Å²) in [6, 6.07) is 7.56. The molecule has 8 nitrogen and oxygen atoms in total. The average molecular weight is 464 g/mol. The number of amides is 2. The number of carbonyl (C=O) groups is 3. The van der Waals surface area contributed by atoms with Crippen molar-refractivity contribution < 1.29 is 23.9 Å². The van der Waals surface area contributed by atoms with Gasteiger partial charge < -0.3 is 25.0 Å². The van der Waals surface area contributed by atoms with E-state index >= 15 is 0 Å². The molecule has 8 heteroatoms. The number of hydrogen-bond acceptors (Lipinski definition) is 6. The second kappa shape index (κ2) is 12.6. The molecular formula is C25H41N3O5. The monoisotopic (exact) mass is 463 g/mol. The van der Waals surface area contributed by atoms with Crippen LogP contribution in [0.1, 0.15) is 65.0 Å². The van der Waals surface area contributed by atoms with Crippen LogP contribution in [0, 0.1) is 5.41 Å². The van der Waals surface area contributed by atoms with Gasteiger partial charge >= 0.3 is 12.1 Å². The van der Waals surface area contributed by atoms with Gasteiger partial charge in [-0.3, -0.25) is 9.59 Å². The maximum Gasteiger partial charge on any atom is 0.410 e. The van der Waals surface area contributed by atoms with E-state index < -0.39 is 23.1 Å². The van der Waals surface area contributed by atoms with E-state index in [2.05, 4.69) is 0 Å². The van der Waals surface area contributed by atoms with E-state index in [1.54, 1.807) is 11.9 Å². The number of hydrogen-bond donors (Lipinski definition) is 1. The fourth-order valence-corrected chi connectivity index (χ4v) is 3.78. The van der Waals surface area contributed by atoms with Gasteiger partial charge in [0.25, 0.3) is 0 Å². The molecule has 2 N–H and O–H groups in total. The van der Waals surface area contributed by atoms with Gasteiger partial charge in [-0.25, -0.2) is 4.79 Å². The van der Waals surface area contributed by atoms with E-state index in [9.17, 15) is 14.4 Å². The molecule has 0 heterocycles. The Kier molecular flexibility index (Phi) is 10.8. The number of ether oxygens (including phenoxy) is 2. The molecule has 0 atom stereocenters. The minimum Gasteiger partial charge on any atom is -0.468 e. The summed E-state index contributed by atoms with van der Waals surface area (Å²) in [6.07, 6.45) is 1.36. The third-order valence-electron chi connectivity index (χ3n) is 5.86. The van der Waals surface area contributed by atoms with Gasteiger partial charge in [0.1, 0.15) is 12.1 Å². The van der Waals surface area contributed by atoms with Gasteiger partial charge in [0.15, 0.2) is 0 Å². The fourth-order valence-electron chi connectivity index (χ4n) is 3.78. The second-order valence-electron chi connectivity index (χ2n) is 9.37. The van der Waals surface area contributed by atoms with E-state index in [1.165, 1.54) is 12.0 Å². The highest BCUT2D eigenvalue weighted by Crippen LogP contribution is 2.33. The molecule has 0 radical (unpaired) electrons. The summed E-state index contributed by atoms with van der Waals surface area (Å²) in [5.41, 5.74) is 6.31. The Hall–Kier alpha value is -2.61. The number of esters is 1. The summed E-state index contributed by atoms with van der Waals surface area (Å²) in [6.45, 7) is 10.1. The molecule has 0 aliphatic heterocycles. The Bertz CT molecular complexity index is 799. The highest BCUT2D eigenvalue weighted by Gasteiger charge is 2.38. The predicted octanol–water partition coefficient (Wildman–Crippen LogP) is 3.71. The first-order valence-electron chi connectivity index (χ1n) is 11.5. The standard InChI is InChI=1S/C25H41N3O5/c1-8-25(9-2,14-15-26)22(30)28(18-21(29)32-7)17-20-13-11-10-12-19(20)16-27(6)23(31)33-24(3,4)5/h10-13H,8-9,14-18,26H2,1-7H3. The molecule has 186 valence electrons. The van der Waals surface area contributed by atoms with Crippen molar-refractivity contribution >= 4 is 18.0 Å². The zero-order chi connectivity index (χ0) is 25.2. The molecule has 33 heavy (non-hydrogen) atoms. The molecule has 1 aromatic carbocycles. The highest BCUT2D eigenvalue weighted by molar-refractivity contribution is 5.86. The summed E-state index contributed by atoms with van der Waals surface area (Å²) in [5.74, 6) is -0.598. The van der Waals surface area contributed by atoms with Crippen molar-refractivity contribution in [3.05, 3.63) is 35.4 Å². The molecule has 0 aliphatic rings. The summed E-state index contributed by atoms with van der Waals surface area (Å²) < 4.78 is 10.3. The van der Waals surface area contributed by atoms with Gasteiger partial charge in [0.05, 0.1) is 12.5 Å². The number of benzene rings is 1. The fraction of sp³-hybridized carbons (Fsp3) is 0.640. The van der Waals surface area contributed by atoms with Gasteiger partial charge in [0, 0.05) is 20.1 Å². The van der Waals surface area contributed by atoms with Crippen molar-refractivity contribution in [2.45, 2.75) is 72.6 Å². The van der Waals surface area contributed by atoms with Crippen LogP contribution in [0.3, 0.4) is 0 Å². The van der Waals surface area contributed by atoms with Crippen molar-refractivity contribution in [1.29, 1.82) is 0 Å². The first-order chi connectivity index (χ1) is 15.4. The third-order valence-corrected chi connectivity index (χ3v) is 5.86. The molecule has 0 aliphatic carbocycles.